The molecule has 158 valence electrons. The number of carbonyl (C=O) groups excluding carboxylic acids is 1. The van der Waals surface area contributed by atoms with Crippen LogP contribution < -0.4 is 14.8 Å². The third-order valence-electron chi connectivity index (χ3n) is 6.26. The van der Waals surface area contributed by atoms with Crippen molar-refractivity contribution < 1.29 is 14.3 Å². The Morgan fingerprint density at radius 1 is 1.10 bits per heavy atom. The number of para-hydroxylation sites is 1. The van der Waals surface area contributed by atoms with Crippen molar-refractivity contribution in [3.05, 3.63) is 53.6 Å². The number of anilines is 1. The molecule has 1 aliphatic heterocycles. The summed E-state index contributed by atoms with van der Waals surface area (Å²) in [6, 6.07) is 13.8. The number of ether oxygens (including phenoxy) is 2. The van der Waals surface area contributed by atoms with Gasteiger partial charge in [-0.1, -0.05) is 18.2 Å². The summed E-state index contributed by atoms with van der Waals surface area (Å²) >= 11 is 5.59. The van der Waals surface area contributed by atoms with Crippen LogP contribution >= 0.6 is 12.2 Å². The quantitative estimate of drug-likeness (QED) is 0.711. The highest BCUT2D eigenvalue weighted by Gasteiger charge is 2.34. The number of nitrogens with one attached hydrogen (secondary N) is 1. The second-order valence-electron chi connectivity index (χ2n) is 8.09. The van der Waals surface area contributed by atoms with Gasteiger partial charge in [-0.3, -0.25) is 4.79 Å². The maximum Gasteiger partial charge on any atom is 0.173 e. The van der Waals surface area contributed by atoms with Crippen molar-refractivity contribution >= 4 is 28.8 Å². The van der Waals surface area contributed by atoms with E-state index in [4.69, 9.17) is 21.7 Å². The van der Waals surface area contributed by atoms with Crippen LogP contribution in [0.15, 0.2) is 42.5 Å². The molecule has 2 aromatic rings. The smallest absolute Gasteiger partial charge is 0.173 e. The molecule has 0 spiro atoms. The summed E-state index contributed by atoms with van der Waals surface area (Å²) in [5, 5.41) is 4.10. The van der Waals surface area contributed by atoms with Gasteiger partial charge in [0, 0.05) is 30.3 Å². The van der Waals surface area contributed by atoms with Crippen molar-refractivity contribution in [1.29, 1.82) is 0 Å². The van der Waals surface area contributed by atoms with Gasteiger partial charge in [0.05, 0.1) is 14.2 Å². The van der Waals surface area contributed by atoms with Gasteiger partial charge in [-0.15, -0.1) is 0 Å². The number of benzene rings is 2. The largest absolute Gasteiger partial charge is 0.493 e. The number of Topliss-reactive ketones (excluding diaryl/α,β-unsaturated/α-hetero) is 1. The molecular weight excluding hydrogens is 396 g/mol. The molecule has 0 amide bonds. The molecule has 2 aromatic carbocycles. The first-order valence-electron chi connectivity index (χ1n) is 10.5. The third kappa shape index (κ3) is 4.29. The lowest BCUT2D eigenvalue weighted by Gasteiger charge is -2.34. The predicted octanol–water partition coefficient (Wildman–Crippen LogP) is 4.56. The number of hydrogen-bond acceptors (Lipinski definition) is 4. The van der Waals surface area contributed by atoms with Crippen LogP contribution in [0.4, 0.5) is 5.69 Å². The number of fused-ring (bicyclic) bond motifs is 1. The number of rotatable bonds is 5. The van der Waals surface area contributed by atoms with E-state index in [1.165, 1.54) is 0 Å². The maximum absolute atomic E-state index is 13.0. The highest BCUT2D eigenvalue weighted by atomic mass is 32.1. The third-order valence-corrected chi connectivity index (χ3v) is 6.62. The Labute approximate surface area is 183 Å². The summed E-state index contributed by atoms with van der Waals surface area (Å²) in [6.45, 7) is 1.86. The zero-order valence-corrected chi connectivity index (χ0v) is 18.3. The number of thiocarbonyl (C=S) groups is 1. The minimum atomic E-state index is 0.0581. The van der Waals surface area contributed by atoms with Crippen LogP contribution in [0.25, 0.3) is 0 Å². The van der Waals surface area contributed by atoms with E-state index in [0.29, 0.717) is 17.4 Å². The van der Waals surface area contributed by atoms with Gasteiger partial charge in [-0.2, -0.15) is 0 Å². The van der Waals surface area contributed by atoms with Crippen LogP contribution in [0.3, 0.4) is 0 Å². The van der Waals surface area contributed by atoms with Gasteiger partial charge in [0.2, 0.25) is 0 Å². The molecule has 4 rings (SSSR count). The fourth-order valence-electron chi connectivity index (χ4n) is 4.59. The zero-order valence-electron chi connectivity index (χ0n) is 17.5. The zero-order chi connectivity index (χ0) is 21.1. The van der Waals surface area contributed by atoms with Crippen molar-refractivity contribution in [1.82, 2.24) is 4.90 Å². The highest BCUT2D eigenvalue weighted by Crippen LogP contribution is 2.39. The molecule has 2 aliphatic rings. The molecule has 30 heavy (non-hydrogen) atoms. The Bertz CT molecular complexity index is 924. The number of carbonyl (C=O) groups is 1. The molecule has 0 saturated carbocycles. The van der Waals surface area contributed by atoms with Crippen molar-refractivity contribution in [3.63, 3.8) is 0 Å². The van der Waals surface area contributed by atoms with Gasteiger partial charge in [-0.25, -0.2) is 0 Å². The van der Waals surface area contributed by atoms with E-state index in [0.717, 1.165) is 60.7 Å². The maximum atomic E-state index is 13.0. The van der Waals surface area contributed by atoms with Gasteiger partial charge < -0.3 is 19.7 Å². The van der Waals surface area contributed by atoms with E-state index in [-0.39, 0.29) is 11.7 Å². The molecule has 6 heteroatoms. The number of likely N-dealkylation sites (tertiary alicyclic amines) is 1. The molecule has 1 N–H and O–H groups in total. The average molecular weight is 425 g/mol. The molecule has 1 fully saturated rings. The Hall–Kier alpha value is -2.60. The minimum Gasteiger partial charge on any atom is -0.493 e. The fourth-order valence-corrected chi connectivity index (χ4v) is 4.89. The van der Waals surface area contributed by atoms with Crippen molar-refractivity contribution in [3.8, 4) is 11.5 Å². The van der Waals surface area contributed by atoms with Gasteiger partial charge in [0.25, 0.3) is 0 Å². The van der Waals surface area contributed by atoms with Gasteiger partial charge in [-0.05, 0) is 73.6 Å². The number of hydrogen-bond donors (Lipinski definition) is 1. The Morgan fingerprint density at radius 3 is 2.43 bits per heavy atom. The molecule has 5 nitrogen and oxygen atoms in total. The molecule has 0 aromatic heterocycles. The predicted molar refractivity (Wildman–Crippen MR) is 123 cm³/mol. The molecule has 0 radical (unpaired) electrons. The first kappa shape index (κ1) is 20.7. The highest BCUT2D eigenvalue weighted by molar-refractivity contribution is 7.80. The first-order chi connectivity index (χ1) is 14.6. The second-order valence-corrected chi connectivity index (χ2v) is 8.48. The topological polar surface area (TPSA) is 50.8 Å². The standard InChI is InChI=1S/C24H28N2O3S/c1-28-21-14-17-13-18(23(27)20(17)15-22(21)29-2)12-16-8-10-26(11-9-16)24(30)25-19-6-4-3-5-7-19/h3-7,14-16,18H,8-13H2,1-2H3,(H,25,30). The Balaban J connectivity index is 1.32. The molecule has 1 aliphatic carbocycles. The summed E-state index contributed by atoms with van der Waals surface area (Å²) < 4.78 is 10.8. The number of methoxy groups -OCH3 is 2. The Morgan fingerprint density at radius 2 is 1.77 bits per heavy atom. The van der Waals surface area contributed by atoms with Crippen molar-refractivity contribution in [2.75, 3.05) is 32.6 Å². The van der Waals surface area contributed by atoms with E-state index in [1.807, 2.05) is 42.5 Å². The van der Waals surface area contributed by atoms with Gasteiger partial charge in [0.15, 0.2) is 22.4 Å². The average Bonchev–Trinajstić information content (AvgIpc) is 3.08. The van der Waals surface area contributed by atoms with Crippen LogP contribution in [-0.2, 0) is 6.42 Å². The summed E-state index contributed by atoms with van der Waals surface area (Å²) in [5.41, 5.74) is 2.89. The monoisotopic (exact) mass is 424 g/mol. The fraction of sp³-hybridized carbons (Fsp3) is 0.417. The minimum absolute atomic E-state index is 0.0581. The van der Waals surface area contributed by atoms with Crippen LogP contribution in [-0.4, -0.2) is 43.1 Å². The van der Waals surface area contributed by atoms with E-state index < -0.39 is 0 Å². The number of piperidine rings is 1. The first-order valence-corrected chi connectivity index (χ1v) is 10.9. The van der Waals surface area contributed by atoms with Crippen LogP contribution in [0.5, 0.6) is 11.5 Å². The van der Waals surface area contributed by atoms with E-state index in [1.54, 1.807) is 14.2 Å². The number of nitrogens with zero attached hydrogens (tertiary/aromatic N) is 1. The summed E-state index contributed by atoms with van der Waals surface area (Å²) in [5.74, 6) is 2.17. The van der Waals surface area contributed by atoms with Crippen molar-refractivity contribution in [2.45, 2.75) is 25.7 Å². The molecule has 1 unspecified atom stereocenters. The molecule has 1 heterocycles. The molecular formula is C24H28N2O3S. The summed E-state index contributed by atoms with van der Waals surface area (Å²) in [6.07, 6.45) is 3.85. The van der Waals surface area contributed by atoms with E-state index in [9.17, 15) is 4.79 Å². The van der Waals surface area contributed by atoms with Crippen molar-refractivity contribution in [2.24, 2.45) is 11.8 Å². The lowest BCUT2D eigenvalue weighted by Crippen LogP contribution is -2.41. The van der Waals surface area contributed by atoms with Crippen LogP contribution in [0.1, 0.15) is 35.2 Å². The number of ketones is 1. The van der Waals surface area contributed by atoms with E-state index >= 15 is 0 Å². The lowest BCUT2D eigenvalue weighted by atomic mass is 9.85. The van der Waals surface area contributed by atoms with Crippen LogP contribution in [0.2, 0.25) is 0 Å². The molecule has 1 atom stereocenters. The van der Waals surface area contributed by atoms with E-state index in [2.05, 4.69) is 10.2 Å². The summed E-state index contributed by atoms with van der Waals surface area (Å²) in [7, 11) is 3.23. The Kier molecular flexibility index (Phi) is 6.23. The van der Waals surface area contributed by atoms with Gasteiger partial charge >= 0.3 is 0 Å². The summed E-state index contributed by atoms with van der Waals surface area (Å²) in [4.78, 5) is 15.2. The second kappa shape index (κ2) is 9.04. The lowest BCUT2D eigenvalue weighted by molar-refractivity contribution is 0.0907. The van der Waals surface area contributed by atoms with Gasteiger partial charge in [0.1, 0.15) is 0 Å². The SMILES string of the molecule is COc1cc2c(cc1OC)C(=O)C(CC1CCN(C(=S)Nc3ccccc3)CC1)C2. The molecule has 0 bridgehead atoms. The molecule has 1 saturated heterocycles. The normalized spacial score (nSPS) is 18.8. The van der Waals surface area contributed by atoms with Crippen LogP contribution in [0, 0.1) is 11.8 Å².